The van der Waals surface area contributed by atoms with Crippen LogP contribution in [0.15, 0.2) is 24.3 Å². The normalized spacial score (nSPS) is 23.4. The number of rotatable bonds is 3. The summed E-state index contributed by atoms with van der Waals surface area (Å²) in [7, 11) is 0. The Kier molecular flexibility index (Phi) is 4.20. The van der Waals surface area contributed by atoms with Gasteiger partial charge in [0.05, 0.1) is 11.5 Å². The molecule has 3 nitrogen and oxygen atoms in total. The molecule has 2 N–H and O–H groups in total. The Morgan fingerprint density at radius 1 is 1.15 bits per heavy atom. The standard InChI is InChI=1S/C14H16F3NO2/c15-14(16,17)9-5-7-10(8-6-9)18-12-4-2-1-3-11(12)13(19)20/h1-4,9-10,18H,5-8H2,(H,19,20). The third-order valence-electron chi connectivity index (χ3n) is 3.71. The zero-order valence-corrected chi connectivity index (χ0v) is 10.8. The summed E-state index contributed by atoms with van der Waals surface area (Å²) >= 11 is 0. The van der Waals surface area contributed by atoms with E-state index in [1.807, 2.05) is 0 Å². The van der Waals surface area contributed by atoms with E-state index in [1.54, 1.807) is 18.2 Å². The van der Waals surface area contributed by atoms with Crippen LogP contribution in [0.1, 0.15) is 36.0 Å². The largest absolute Gasteiger partial charge is 0.478 e. The van der Waals surface area contributed by atoms with Gasteiger partial charge < -0.3 is 10.4 Å². The summed E-state index contributed by atoms with van der Waals surface area (Å²) < 4.78 is 37.7. The third kappa shape index (κ3) is 3.43. The highest BCUT2D eigenvalue weighted by molar-refractivity contribution is 5.94. The number of para-hydroxylation sites is 1. The number of hydrogen-bond donors (Lipinski definition) is 2. The summed E-state index contributed by atoms with van der Waals surface area (Å²) in [5, 5.41) is 12.1. The van der Waals surface area contributed by atoms with Crippen molar-refractivity contribution in [1.29, 1.82) is 0 Å². The van der Waals surface area contributed by atoms with E-state index in [0.29, 0.717) is 18.5 Å². The van der Waals surface area contributed by atoms with Gasteiger partial charge in [-0.2, -0.15) is 13.2 Å². The van der Waals surface area contributed by atoms with Crippen LogP contribution < -0.4 is 5.32 Å². The maximum Gasteiger partial charge on any atom is 0.391 e. The molecule has 0 spiro atoms. The van der Waals surface area contributed by atoms with Gasteiger partial charge in [-0.1, -0.05) is 12.1 Å². The van der Waals surface area contributed by atoms with Crippen molar-refractivity contribution in [2.45, 2.75) is 37.9 Å². The summed E-state index contributed by atoms with van der Waals surface area (Å²) in [4.78, 5) is 11.1. The van der Waals surface area contributed by atoms with Gasteiger partial charge in [-0.05, 0) is 37.8 Å². The minimum atomic E-state index is -4.12. The van der Waals surface area contributed by atoms with Gasteiger partial charge >= 0.3 is 12.1 Å². The van der Waals surface area contributed by atoms with E-state index < -0.39 is 18.1 Å². The zero-order chi connectivity index (χ0) is 14.8. The first-order valence-corrected chi connectivity index (χ1v) is 6.53. The van der Waals surface area contributed by atoms with Crippen LogP contribution in [0.2, 0.25) is 0 Å². The summed E-state index contributed by atoms with van der Waals surface area (Å²) in [6.45, 7) is 0. The molecule has 110 valence electrons. The van der Waals surface area contributed by atoms with Crippen LogP contribution in [0.3, 0.4) is 0 Å². The van der Waals surface area contributed by atoms with Crippen molar-refractivity contribution in [3.63, 3.8) is 0 Å². The van der Waals surface area contributed by atoms with E-state index in [2.05, 4.69) is 5.32 Å². The van der Waals surface area contributed by atoms with Gasteiger partial charge in [-0.25, -0.2) is 4.79 Å². The van der Waals surface area contributed by atoms with Crippen molar-refractivity contribution >= 4 is 11.7 Å². The molecule has 1 aromatic carbocycles. The Hall–Kier alpha value is -1.72. The lowest BCUT2D eigenvalue weighted by molar-refractivity contribution is -0.182. The summed E-state index contributed by atoms with van der Waals surface area (Å²) in [6, 6.07) is 6.34. The number of alkyl halides is 3. The highest BCUT2D eigenvalue weighted by atomic mass is 19.4. The molecule has 1 aliphatic carbocycles. The van der Waals surface area contributed by atoms with E-state index in [-0.39, 0.29) is 24.4 Å². The summed E-state index contributed by atoms with van der Waals surface area (Å²) in [6.07, 6.45) is -3.13. The number of aromatic carboxylic acids is 1. The van der Waals surface area contributed by atoms with E-state index >= 15 is 0 Å². The van der Waals surface area contributed by atoms with Gasteiger partial charge in [0.2, 0.25) is 0 Å². The molecule has 0 heterocycles. The van der Waals surface area contributed by atoms with Crippen LogP contribution in [0.4, 0.5) is 18.9 Å². The fraction of sp³-hybridized carbons (Fsp3) is 0.500. The molecule has 1 saturated carbocycles. The van der Waals surface area contributed by atoms with Crippen molar-refractivity contribution in [2.24, 2.45) is 5.92 Å². The van der Waals surface area contributed by atoms with Crippen LogP contribution in [0.25, 0.3) is 0 Å². The smallest absolute Gasteiger partial charge is 0.391 e. The number of carbonyl (C=O) groups is 1. The molecule has 0 unspecified atom stereocenters. The minimum Gasteiger partial charge on any atom is -0.478 e. The van der Waals surface area contributed by atoms with Crippen LogP contribution in [-0.4, -0.2) is 23.3 Å². The predicted octanol–water partition coefficient (Wildman–Crippen LogP) is 3.92. The fourth-order valence-electron chi connectivity index (χ4n) is 2.58. The molecule has 0 saturated heterocycles. The predicted molar refractivity (Wildman–Crippen MR) is 68.8 cm³/mol. The molecule has 0 radical (unpaired) electrons. The fourth-order valence-corrected chi connectivity index (χ4v) is 2.58. The molecule has 0 aromatic heterocycles. The first kappa shape index (κ1) is 14.7. The lowest BCUT2D eigenvalue weighted by Gasteiger charge is -2.31. The second-order valence-corrected chi connectivity index (χ2v) is 5.09. The quantitative estimate of drug-likeness (QED) is 0.886. The Bertz CT molecular complexity index is 480. The van der Waals surface area contributed by atoms with Crippen LogP contribution >= 0.6 is 0 Å². The van der Waals surface area contributed by atoms with E-state index in [0.717, 1.165) is 0 Å². The SMILES string of the molecule is O=C(O)c1ccccc1NC1CCC(C(F)(F)F)CC1. The molecule has 6 heteroatoms. The number of nitrogens with one attached hydrogen (secondary N) is 1. The second kappa shape index (κ2) is 5.73. The highest BCUT2D eigenvalue weighted by Crippen LogP contribution is 2.38. The number of benzene rings is 1. The molecule has 0 amide bonds. The maximum atomic E-state index is 12.6. The molecule has 20 heavy (non-hydrogen) atoms. The second-order valence-electron chi connectivity index (χ2n) is 5.09. The Morgan fingerprint density at radius 2 is 1.75 bits per heavy atom. The molecule has 0 bridgehead atoms. The van der Waals surface area contributed by atoms with Crippen LogP contribution in [0.5, 0.6) is 0 Å². The van der Waals surface area contributed by atoms with Crippen molar-refractivity contribution in [1.82, 2.24) is 0 Å². The maximum absolute atomic E-state index is 12.6. The number of anilines is 1. The highest BCUT2D eigenvalue weighted by Gasteiger charge is 2.41. The number of hydrogen-bond acceptors (Lipinski definition) is 2. The molecule has 1 fully saturated rings. The average molecular weight is 287 g/mol. The molecule has 1 aromatic rings. The Balaban J connectivity index is 1.98. The monoisotopic (exact) mass is 287 g/mol. The van der Waals surface area contributed by atoms with Crippen molar-refractivity contribution in [2.75, 3.05) is 5.32 Å². The van der Waals surface area contributed by atoms with E-state index in [4.69, 9.17) is 5.11 Å². The van der Waals surface area contributed by atoms with Gasteiger partial charge in [0.15, 0.2) is 0 Å². The van der Waals surface area contributed by atoms with Crippen LogP contribution in [0, 0.1) is 5.92 Å². The summed E-state index contributed by atoms with van der Waals surface area (Å²) in [5.74, 6) is -2.27. The van der Waals surface area contributed by atoms with Gasteiger partial charge in [0.25, 0.3) is 0 Å². The molecular formula is C14H16F3NO2. The molecule has 0 atom stereocenters. The third-order valence-corrected chi connectivity index (χ3v) is 3.71. The minimum absolute atomic E-state index is 0.0937. The van der Waals surface area contributed by atoms with Gasteiger partial charge in [0.1, 0.15) is 0 Å². The van der Waals surface area contributed by atoms with Gasteiger partial charge in [-0.15, -0.1) is 0 Å². The molecule has 2 rings (SSSR count). The number of carboxylic acids is 1. The van der Waals surface area contributed by atoms with Gasteiger partial charge in [0, 0.05) is 11.7 Å². The topological polar surface area (TPSA) is 49.3 Å². The molecule has 0 aliphatic heterocycles. The Morgan fingerprint density at radius 3 is 2.30 bits per heavy atom. The number of carboxylic acid groups (broad SMARTS) is 1. The lowest BCUT2D eigenvalue weighted by atomic mass is 9.85. The van der Waals surface area contributed by atoms with E-state index in [9.17, 15) is 18.0 Å². The van der Waals surface area contributed by atoms with Crippen molar-refractivity contribution in [3.05, 3.63) is 29.8 Å². The zero-order valence-electron chi connectivity index (χ0n) is 10.8. The summed E-state index contributed by atoms with van der Waals surface area (Å²) in [5.41, 5.74) is 0.612. The molecular weight excluding hydrogens is 271 g/mol. The van der Waals surface area contributed by atoms with Crippen molar-refractivity contribution in [3.8, 4) is 0 Å². The lowest BCUT2D eigenvalue weighted by Crippen LogP contribution is -2.33. The van der Waals surface area contributed by atoms with E-state index in [1.165, 1.54) is 6.07 Å². The first-order valence-electron chi connectivity index (χ1n) is 6.53. The van der Waals surface area contributed by atoms with Gasteiger partial charge in [-0.3, -0.25) is 0 Å². The Labute approximate surface area is 114 Å². The van der Waals surface area contributed by atoms with Crippen molar-refractivity contribution < 1.29 is 23.1 Å². The number of halogens is 3. The first-order chi connectivity index (χ1) is 9.38. The average Bonchev–Trinajstić information content (AvgIpc) is 2.38. The molecule has 1 aliphatic rings. The van der Waals surface area contributed by atoms with Crippen LogP contribution in [-0.2, 0) is 0 Å².